The Labute approximate surface area is 106 Å². The van der Waals surface area contributed by atoms with Crippen molar-refractivity contribution in [2.75, 3.05) is 13.1 Å². The highest BCUT2D eigenvalue weighted by molar-refractivity contribution is 5.70. The van der Waals surface area contributed by atoms with Crippen LogP contribution in [0.3, 0.4) is 0 Å². The zero-order chi connectivity index (χ0) is 12.5. The Morgan fingerprint density at radius 1 is 1.50 bits per heavy atom. The first kappa shape index (κ1) is 11.7. The van der Waals surface area contributed by atoms with E-state index in [9.17, 15) is 4.79 Å². The summed E-state index contributed by atoms with van der Waals surface area (Å²) in [5, 5.41) is 12.5. The largest absolute Gasteiger partial charge is 0.481 e. The predicted molar refractivity (Wildman–Crippen MR) is 66.5 cm³/mol. The van der Waals surface area contributed by atoms with Crippen molar-refractivity contribution in [3.8, 4) is 0 Å². The molecule has 3 heterocycles. The Balaban J connectivity index is 1.78. The molecule has 1 saturated heterocycles. The number of piperidine rings is 1. The first-order valence-electron chi connectivity index (χ1n) is 6.73. The van der Waals surface area contributed by atoms with E-state index in [1.165, 1.54) is 12.8 Å². The zero-order valence-corrected chi connectivity index (χ0v) is 10.4. The second-order valence-corrected chi connectivity index (χ2v) is 5.35. The lowest BCUT2D eigenvalue weighted by atomic mass is 9.97. The molecule has 2 aliphatic rings. The molecule has 2 N–H and O–H groups in total. The van der Waals surface area contributed by atoms with Gasteiger partial charge < -0.3 is 15.0 Å². The molecule has 0 aromatic carbocycles. The minimum atomic E-state index is -0.685. The van der Waals surface area contributed by atoms with Crippen LogP contribution in [0.4, 0.5) is 0 Å². The van der Waals surface area contributed by atoms with Gasteiger partial charge in [-0.3, -0.25) is 4.79 Å². The summed E-state index contributed by atoms with van der Waals surface area (Å²) in [5.41, 5.74) is 1.14. The molecule has 98 valence electrons. The summed E-state index contributed by atoms with van der Waals surface area (Å²) in [6, 6.07) is 0. The SMILES string of the molecule is O=C(O)C1CCc2nc(C3CCCNC3)cn2C1. The summed E-state index contributed by atoms with van der Waals surface area (Å²) in [6.07, 6.45) is 5.96. The van der Waals surface area contributed by atoms with Crippen molar-refractivity contribution in [2.45, 2.75) is 38.1 Å². The normalized spacial score (nSPS) is 27.8. The summed E-state index contributed by atoms with van der Waals surface area (Å²) < 4.78 is 2.05. The highest BCUT2D eigenvalue weighted by Crippen LogP contribution is 2.26. The number of aromatic nitrogens is 2. The number of carboxylic acid groups (broad SMARTS) is 1. The summed E-state index contributed by atoms with van der Waals surface area (Å²) >= 11 is 0. The Hall–Kier alpha value is -1.36. The molecule has 1 aromatic rings. The van der Waals surface area contributed by atoms with Crippen molar-refractivity contribution >= 4 is 5.97 Å². The third-order valence-electron chi connectivity index (χ3n) is 4.08. The number of aliphatic carboxylic acids is 1. The fraction of sp³-hybridized carbons (Fsp3) is 0.692. The van der Waals surface area contributed by atoms with E-state index >= 15 is 0 Å². The topological polar surface area (TPSA) is 67.2 Å². The van der Waals surface area contributed by atoms with Crippen LogP contribution < -0.4 is 5.32 Å². The number of rotatable bonds is 2. The molecule has 0 amide bonds. The van der Waals surface area contributed by atoms with Crippen LogP contribution in [-0.2, 0) is 17.8 Å². The van der Waals surface area contributed by atoms with Gasteiger partial charge in [0.15, 0.2) is 0 Å². The number of aryl methyl sites for hydroxylation is 1. The van der Waals surface area contributed by atoms with Crippen molar-refractivity contribution in [3.05, 3.63) is 17.7 Å². The third-order valence-corrected chi connectivity index (χ3v) is 4.08. The van der Waals surface area contributed by atoms with Crippen molar-refractivity contribution in [1.82, 2.24) is 14.9 Å². The van der Waals surface area contributed by atoms with Crippen LogP contribution in [0.15, 0.2) is 6.20 Å². The number of nitrogens with one attached hydrogen (secondary N) is 1. The van der Waals surface area contributed by atoms with E-state index in [4.69, 9.17) is 10.1 Å². The summed E-state index contributed by atoms with van der Waals surface area (Å²) in [6.45, 7) is 2.68. The molecule has 1 aromatic heterocycles. The molecule has 18 heavy (non-hydrogen) atoms. The highest BCUT2D eigenvalue weighted by Gasteiger charge is 2.27. The van der Waals surface area contributed by atoms with Crippen LogP contribution in [0.5, 0.6) is 0 Å². The van der Waals surface area contributed by atoms with Gasteiger partial charge in [0.05, 0.1) is 11.6 Å². The maximum atomic E-state index is 11.0. The number of nitrogens with zero attached hydrogens (tertiary/aromatic N) is 2. The molecule has 1 fully saturated rings. The summed E-state index contributed by atoms with van der Waals surface area (Å²) in [7, 11) is 0. The van der Waals surface area contributed by atoms with E-state index < -0.39 is 5.97 Å². The second-order valence-electron chi connectivity index (χ2n) is 5.35. The molecule has 0 radical (unpaired) electrons. The van der Waals surface area contributed by atoms with E-state index in [1.807, 2.05) is 4.57 Å². The monoisotopic (exact) mass is 249 g/mol. The van der Waals surface area contributed by atoms with Gasteiger partial charge in [-0.2, -0.15) is 0 Å². The highest BCUT2D eigenvalue weighted by atomic mass is 16.4. The first-order chi connectivity index (χ1) is 8.74. The summed E-state index contributed by atoms with van der Waals surface area (Å²) in [5.74, 6) is 0.632. The lowest BCUT2D eigenvalue weighted by Gasteiger charge is -2.20. The molecular weight excluding hydrogens is 230 g/mol. The maximum absolute atomic E-state index is 11.0. The van der Waals surface area contributed by atoms with Gasteiger partial charge in [0.25, 0.3) is 0 Å². The number of fused-ring (bicyclic) bond motifs is 1. The van der Waals surface area contributed by atoms with Gasteiger partial charge in [0.1, 0.15) is 5.82 Å². The standard InChI is InChI=1S/C13H19N3O2/c17-13(18)10-3-4-12-15-11(8-16(12)7-10)9-2-1-5-14-6-9/h8-10,14H,1-7H2,(H,17,18). The van der Waals surface area contributed by atoms with Crippen molar-refractivity contribution in [3.63, 3.8) is 0 Å². The van der Waals surface area contributed by atoms with Gasteiger partial charge in [0, 0.05) is 31.6 Å². The average molecular weight is 249 g/mol. The molecule has 2 unspecified atom stereocenters. The van der Waals surface area contributed by atoms with Gasteiger partial charge >= 0.3 is 5.97 Å². The molecule has 2 atom stereocenters. The molecule has 5 heteroatoms. The molecular formula is C13H19N3O2. The first-order valence-corrected chi connectivity index (χ1v) is 6.73. The average Bonchev–Trinajstić information content (AvgIpc) is 2.82. The zero-order valence-electron chi connectivity index (χ0n) is 10.4. The van der Waals surface area contributed by atoms with Crippen molar-refractivity contribution in [1.29, 1.82) is 0 Å². The van der Waals surface area contributed by atoms with Crippen LogP contribution in [-0.4, -0.2) is 33.7 Å². The Kier molecular flexibility index (Phi) is 3.07. The molecule has 0 saturated carbocycles. The van der Waals surface area contributed by atoms with Crippen LogP contribution in [0.1, 0.15) is 36.7 Å². The van der Waals surface area contributed by atoms with E-state index in [0.29, 0.717) is 18.9 Å². The van der Waals surface area contributed by atoms with Gasteiger partial charge in [-0.25, -0.2) is 4.98 Å². The Bertz CT molecular complexity index is 449. The van der Waals surface area contributed by atoms with Gasteiger partial charge in [0.2, 0.25) is 0 Å². The quantitative estimate of drug-likeness (QED) is 0.820. The smallest absolute Gasteiger partial charge is 0.308 e. The lowest BCUT2D eigenvalue weighted by Crippen LogP contribution is -2.28. The molecule has 0 aliphatic carbocycles. The van der Waals surface area contributed by atoms with Crippen LogP contribution in [0.2, 0.25) is 0 Å². The van der Waals surface area contributed by atoms with E-state index in [1.54, 1.807) is 0 Å². The van der Waals surface area contributed by atoms with Gasteiger partial charge in [-0.15, -0.1) is 0 Å². The molecule has 2 aliphatic heterocycles. The fourth-order valence-corrected chi connectivity index (χ4v) is 2.97. The van der Waals surface area contributed by atoms with Gasteiger partial charge in [-0.05, 0) is 25.8 Å². The van der Waals surface area contributed by atoms with Crippen molar-refractivity contribution in [2.24, 2.45) is 5.92 Å². The minimum Gasteiger partial charge on any atom is -0.481 e. The molecule has 5 nitrogen and oxygen atoms in total. The van der Waals surface area contributed by atoms with Crippen LogP contribution in [0, 0.1) is 5.92 Å². The summed E-state index contributed by atoms with van der Waals surface area (Å²) in [4.78, 5) is 15.7. The molecule has 0 spiro atoms. The van der Waals surface area contributed by atoms with Crippen molar-refractivity contribution < 1.29 is 9.90 Å². The second kappa shape index (κ2) is 4.72. The number of carboxylic acids is 1. The predicted octanol–water partition coefficient (Wildman–Crippen LogP) is 0.997. The van der Waals surface area contributed by atoms with E-state index in [2.05, 4.69) is 11.5 Å². The number of hydrogen-bond donors (Lipinski definition) is 2. The fourth-order valence-electron chi connectivity index (χ4n) is 2.97. The molecule has 3 rings (SSSR count). The minimum absolute atomic E-state index is 0.246. The number of hydrogen-bond acceptors (Lipinski definition) is 3. The van der Waals surface area contributed by atoms with Crippen LogP contribution >= 0.6 is 0 Å². The maximum Gasteiger partial charge on any atom is 0.308 e. The lowest BCUT2D eigenvalue weighted by molar-refractivity contribution is -0.142. The van der Waals surface area contributed by atoms with Gasteiger partial charge in [-0.1, -0.05) is 0 Å². The van der Waals surface area contributed by atoms with E-state index in [-0.39, 0.29) is 5.92 Å². The number of imidazole rings is 1. The number of carbonyl (C=O) groups is 1. The third kappa shape index (κ3) is 2.14. The van der Waals surface area contributed by atoms with E-state index in [0.717, 1.165) is 31.0 Å². The molecule has 0 bridgehead atoms. The Morgan fingerprint density at radius 3 is 3.11 bits per heavy atom. The Morgan fingerprint density at radius 2 is 2.39 bits per heavy atom. The van der Waals surface area contributed by atoms with Crippen LogP contribution in [0.25, 0.3) is 0 Å².